The molecule has 0 aromatic carbocycles. The first-order chi connectivity index (χ1) is 26.9. The van der Waals surface area contributed by atoms with Gasteiger partial charge >= 0.3 is 11.9 Å². The Kier molecular flexibility index (Phi) is 39.1. The van der Waals surface area contributed by atoms with Crippen LogP contribution in [0.3, 0.4) is 0 Å². The molecule has 0 aliphatic carbocycles. The zero-order chi connectivity index (χ0) is 40.3. The van der Waals surface area contributed by atoms with Crippen LogP contribution in [0.25, 0.3) is 0 Å². The van der Waals surface area contributed by atoms with E-state index in [2.05, 4.69) is 104 Å². The van der Waals surface area contributed by atoms with E-state index in [1.807, 2.05) is 0 Å². The van der Waals surface area contributed by atoms with Crippen molar-refractivity contribution in [2.75, 3.05) is 6.54 Å². The van der Waals surface area contributed by atoms with Crippen LogP contribution in [0.4, 0.5) is 0 Å². The van der Waals surface area contributed by atoms with Gasteiger partial charge in [0.05, 0.1) is 0 Å². The van der Waals surface area contributed by atoms with Gasteiger partial charge in [-0.2, -0.15) is 0 Å². The van der Waals surface area contributed by atoms with Crippen LogP contribution in [0.1, 0.15) is 181 Å². The number of nitrogens with two attached hydrogens (primary N) is 1. The fourth-order valence-corrected chi connectivity index (χ4v) is 5.89. The molecule has 0 radical (unpaired) electrons. The van der Waals surface area contributed by atoms with Gasteiger partial charge in [-0.15, -0.1) is 0 Å². The monoisotopic (exact) mass is 765 g/mol. The molecule has 0 fully saturated rings. The largest absolute Gasteiger partial charge is 0.480 e. The summed E-state index contributed by atoms with van der Waals surface area (Å²) in [6.45, 7) is 4.78. The quantitative estimate of drug-likeness (QED) is 0.0327. The van der Waals surface area contributed by atoms with Crippen molar-refractivity contribution in [3.63, 3.8) is 0 Å². The number of carboxylic acids is 1. The van der Waals surface area contributed by atoms with Gasteiger partial charge in [-0.1, -0.05) is 144 Å². The molecule has 2 atom stereocenters. The average molecular weight is 765 g/mol. The smallest absolute Gasteiger partial charge is 0.326 e. The summed E-state index contributed by atoms with van der Waals surface area (Å²) < 4.78 is 5.91. The normalized spacial score (nSPS) is 13.5. The Morgan fingerprint density at radius 3 is 1.60 bits per heavy atom. The van der Waals surface area contributed by atoms with E-state index in [1.54, 1.807) is 0 Å². The molecule has 55 heavy (non-hydrogen) atoms. The first kappa shape index (κ1) is 51.5. The molecule has 312 valence electrons. The van der Waals surface area contributed by atoms with E-state index in [0.717, 1.165) is 109 Å². The molecule has 0 saturated heterocycles. The summed E-state index contributed by atoms with van der Waals surface area (Å²) in [5.41, 5.74) is 5.48. The number of hydrogen-bond donors (Lipinski definition) is 3. The molecule has 0 bridgehead atoms. The van der Waals surface area contributed by atoms with Crippen molar-refractivity contribution < 1.29 is 24.2 Å². The highest BCUT2D eigenvalue weighted by atomic mass is 16.5. The van der Waals surface area contributed by atoms with E-state index < -0.39 is 12.0 Å². The Balaban J connectivity index is 4.23. The molecule has 4 N–H and O–H groups in total. The molecule has 7 heteroatoms. The fraction of sp³-hybridized carbons (Fsp3) is 0.646. The molecule has 7 nitrogen and oxygen atoms in total. The van der Waals surface area contributed by atoms with Gasteiger partial charge in [-0.25, -0.2) is 4.79 Å². The number of ether oxygens (including phenoxy) is 1. The van der Waals surface area contributed by atoms with Crippen LogP contribution >= 0.6 is 0 Å². The zero-order valence-electron chi connectivity index (χ0n) is 35.0. The van der Waals surface area contributed by atoms with Gasteiger partial charge in [0.25, 0.3) is 0 Å². The van der Waals surface area contributed by atoms with Crippen molar-refractivity contribution in [1.29, 1.82) is 0 Å². The second-order valence-electron chi connectivity index (χ2n) is 14.4. The molecule has 0 aliphatic rings. The number of unbranched alkanes of at least 4 members (excludes halogenated alkanes) is 12. The Morgan fingerprint density at radius 2 is 1.05 bits per heavy atom. The number of carbonyl (C=O) groups excluding carboxylic acids is 2. The minimum absolute atomic E-state index is 0.117. The Labute approximate surface area is 336 Å². The van der Waals surface area contributed by atoms with E-state index in [4.69, 9.17) is 10.5 Å². The first-order valence-corrected chi connectivity index (χ1v) is 21.9. The van der Waals surface area contributed by atoms with E-state index in [0.29, 0.717) is 38.6 Å². The van der Waals surface area contributed by atoms with Gasteiger partial charge in [0, 0.05) is 12.8 Å². The highest BCUT2D eigenvalue weighted by Gasteiger charge is 2.19. The standard InChI is InChI=1S/C48H80N2O5/c1-3-5-7-9-11-12-13-14-15-16-17-18-19-20-21-22-23-24-25-26-28-30-36-42-47(52)55-44(38-33-29-27-10-8-6-4-2)39-34-31-32-35-41-46(51)50-45(48(53)54)40-37-43-49/h5,7,11-12,14-15,17-18,20-21,23-24,33,38,44-45H,3-4,6,8-10,13,16,19,22,25-32,34-37,39-43,49H2,1-2H3,(H,50,51)(H,53,54)/b7-5-,12-11-,15-14-,18-17-,21-20-,24-23-,38-33-. The average Bonchev–Trinajstić information content (AvgIpc) is 3.17. The number of aliphatic carboxylic acids is 1. The van der Waals surface area contributed by atoms with Crippen LogP contribution in [-0.2, 0) is 19.1 Å². The Hall–Kier alpha value is -3.45. The maximum absolute atomic E-state index is 12.7. The van der Waals surface area contributed by atoms with Crippen LogP contribution in [0, 0.1) is 0 Å². The molecule has 1 amide bonds. The fourth-order valence-electron chi connectivity index (χ4n) is 5.89. The third-order valence-electron chi connectivity index (χ3n) is 9.18. The van der Waals surface area contributed by atoms with Crippen LogP contribution in [0.15, 0.2) is 85.1 Å². The van der Waals surface area contributed by atoms with Crippen LogP contribution in [0.2, 0.25) is 0 Å². The van der Waals surface area contributed by atoms with Gasteiger partial charge < -0.3 is 20.9 Å². The molecule has 0 spiro atoms. The Bertz CT molecular complexity index is 1130. The van der Waals surface area contributed by atoms with Crippen molar-refractivity contribution in [2.24, 2.45) is 5.73 Å². The first-order valence-electron chi connectivity index (χ1n) is 21.9. The van der Waals surface area contributed by atoms with Crippen molar-refractivity contribution >= 4 is 17.8 Å². The zero-order valence-corrected chi connectivity index (χ0v) is 35.0. The molecule has 0 heterocycles. The molecule has 0 rings (SSSR count). The van der Waals surface area contributed by atoms with Crippen LogP contribution in [0.5, 0.6) is 0 Å². The number of rotatable bonds is 38. The summed E-state index contributed by atoms with van der Waals surface area (Å²) in [4.78, 5) is 36.3. The lowest BCUT2D eigenvalue weighted by Gasteiger charge is -2.15. The molecular weight excluding hydrogens is 685 g/mol. The number of amides is 1. The number of hydrogen-bond acceptors (Lipinski definition) is 5. The van der Waals surface area contributed by atoms with E-state index >= 15 is 0 Å². The molecule has 0 aliphatic heterocycles. The van der Waals surface area contributed by atoms with Crippen molar-refractivity contribution in [1.82, 2.24) is 5.32 Å². The van der Waals surface area contributed by atoms with Crippen LogP contribution < -0.4 is 11.1 Å². The van der Waals surface area contributed by atoms with E-state index in [-0.39, 0.29) is 18.0 Å². The molecule has 0 saturated carbocycles. The SMILES string of the molecule is CC/C=C\C/C=C\C/C=C\C/C=C\C/C=C\C/C=C\CCCCCCC(=O)OC(/C=C\CCCCCCC)CCCCCCC(=O)NC(CCCN)C(=O)O. The molecular formula is C48H80N2O5. The topological polar surface area (TPSA) is 119 Å². The summed E-state index contributed by atoms with van der Waals surface area (Å²) in [6.07, 6.45) is 55.0. The summed E-state index contributed by atoms with van der Waals surface area (Å²) in [6, 6.07) is -0.877. The summed E-state index contributed by atoms with van der Waals surface area (Å²) in [5.74, 6) is -1.37. The second-order valence-corrected chi connectivity index (χ2v) is 14.4. The number of carbonyl (C=O) groups is 3. The minimum Gasteiger partial charge on any atom is -0.480 e. The minimum atomic E-state index is -1.02. The van der Waals surface area contributed by atoms with Gasteiger partial charge in [0.2, 0.25) is 5.91 Å². The number of esters is 1. The Morgan fingerprint density at radius 1 is 0.564 bits per heavy atom. The predicted molar refractivity (Wildman–Crippen MR) is 234 cm³/mol. The number of nitrogens with one attached hydrogen (secondary N) is 1. The lowest BCUT2D eigenvalue weighted by Crippen LogP contribution is -2.40. The summed E-state index contributed by atoms with van der Waals surface area (Å²) >= 11 is 0. The summed E-state index contributed by atoms with van der Waals surface area (Å²) in [7, 11) is 0. The van der Waals surface area contributed by atoms with Crippen molar-refractivity contribution in [2.45, 2.75) is 193 Å². The number of carboxylic acid groups (broad SMARTS) is 1. The lowest BCUT2D eigenvalue weighted by molar-refractivity contribution is -0.147. The van der Waals surface area contributed by atoms with Gasteiger partial charge in [-0.3, -0.25) is 9.59 Å². The predicted octanol–water partition coefficient (Wildman–Crippen LogP) is 12.5. The molecule has 0 aromatic rings. The third-order valence-corrected chi connectivity index (χ3v) is 9.18. The third kappa shape index (κ3) is 38.6. The van der Waals surface area contributed by atoms with Gasteiger partial charge in [0.1, 0.15) is 12.1 Å². The molecule has 2 unspecified atom stereocenters. The lowest BCUT2D eigenvalue weighted by atomic mass is 10.1. The second kappa shape index (κ2) is 41.7. The van der Waals surface area contributed by atoms with Gasteiger partial charge in [0.15, 0.2) is 0 Å². The highest BCUT2D eigenvalue weighted by Crippen LogP contribution is 2.15. The maximum Gasteiger partial charge on any atom is 0.326 e. The van der Waals surface area contributed by atoms with Gasteiger partial charge in [-0.05, 0) is 115 Å². The summed E-state index contributed by atoms with van der Waals surface area (Å²) in [5, 5.41) is 11.9. The van der Waals surface area contributed by atoms with Crippen molar-refractivity contribution in [3.8, 4) is 0 Å². The van der Waals surface area contributed by atoms with E-state index in [1.165, 1.54) is 25.7 Å². The highest BCUT2D eigenvalue weighted by molar-refractivity contribution is 5.83. The van der Waals surface area contributed by atoms with Crippen LogP contribution in [-0.4, -0.2) is 41.6 Å². The van der Waals surface area contributed by atoms with E-state index in [9.17, 15) is 19.5 Å². The number of allylic oxidation sites excluding steroid dienone is 13. The van der Waals surface area contributed by atoms with Crippen molar-refractivity contribution in [3.05, 3.63) is 85.1 Å². The maximum atomic E-state index is 12.7. The molecule has 0 aromatic heterocycles.